The standard InChI is InChI=1S/C15H13F2N5OS2/c1-8(25-15-21-18-7-22(15)2)13(23)20-14-19-12(6-24-14)9-3-4-10(16)11(17)5-9/h3-8H,1-2H3,(H,19,20,23)/t8-/m1/s1. The number of anilines is 1. The highest BCUT2D eigenvalue weighted by atomic mass is 32.2. The zero-order valence-corrected chi connectivity index (χ0v) is 14.9. The van der Waals surface area contributed by atoms with Gasteiger partial charge in [-0.05, 0) is 25.1 Å². The van der Waals surface area contributed by atoms with Gasteiger partial charge in [0.1, 0.15) is 6.33 Å². The first-order valence-corrected chi connectivity index (χ1v) is 8.92. The minimum absolute atomic E-state index is 0.237. The van der Waals surface area contributed by atoms with Gasteiger partial charge in [-0.15, -0.1) is 21.5 Å². The molecule has 0 aliphatic heterocycles. The van der Waals surface area contributed by atoms with E-state index in [2.05, 4.69) is 20.5 Å². The topological polar surface area (TPSA) is 72.7 Å². The van der Waals surface area contributed by atoms with Gasteiger partial charge in [0, 0.05) is 18.0 Å². The number of rotatable bonds is 5. The molecule has 6 nitrogen and oxygen atoms in total. The Morgan fingerprint density at radius 3 is 2.84 bits per heavy atom. The number of hydrogen-bond acceptors (Lipinski definition) is 6. The SMILES string of the molecule is C[C@@H](Sc1nncn1C)C(=O)Nc1nc(-c2ccc(F)c(F)c2)cs1. The van der Waals surface area contributed by atoms with E-state index in [1.165, 1.54) is 29.2 Å². The van der Waals surface area contributed by atoms with E-state index in [-0.39, 0.29) is 5.91 Å². The van der Waals surface area contributed by atoms with E-state index in [1.54, 1.807) is 30.2 Å². The quantitative estimate of drug-likeness (QED) is 0.687. The first kappa shape index (κ1) is 17.5. The summed E-state index contributed by atoms with van der Waals surface area (Å²) in [7, 11) is 1.79. The number of carbonyl (C=O) groups is 1. The number of amides is 1. The number of nitrogens with one attached hydrogen (secondary N) is 1. The highest BCUT2D eigenvalue weighted by Crippen LogP contribution is 2.27. The van der Waals surface area contributed by atoms with Crippen molar-refractivity contribution in [1.29, 1.82) is 0 Å². The Labute approximate surface area is 150 Å². The molecule has 2 heterocycles. The summed E-state index contributed by atoms with van der Waals surface area (Å²) < 4.78 is 28.0. The third-order valence-corrected chi connectivity index (χ3v) is 5.18. The zero-order valence-electron chi connectivity index (χ0n) is 13.2. The second-order valence-corrected chi connectivity index (χ2v) is 7.31. The smallest absolute Gasteiger partial charge is 0.239 e. The molecule has 3 aromatic rings. The van der Waals surface area contributed by atoms with Gasteiger partial charge in [0.2, 0.25) is 5.91 Å². The van der Waals surface area contributed by atoms with E-state index in [1.807, 2.05) is 0 Å². The summed E-state index contributed by atoms with van der Waals surface area (Å²) in [4.78, 5) is 16.5. The van der Waals surface area contributed by atoms with Gasteiger partial charge in [-0.2, -0.15) is 0 Å². The highest BCUT2D eigenvalue weighted by Gasteiger charge is 2.18. The van der Waals surface area contributed by atoms with Crippen molar-refractivity contribution < 1.29 is 13.6 Å². The maximum absolute atomic E-state index is 13.3. The summed E-state index contributed by atoms with van der Waals surface area (Å²) in [5.74, 6) is -2.09. The van der Waals surface area contributed by atoms with E-state index >= 15 is 0 Å². The summed E-state index contributed by atoms with van der Waals surface area (Å²) in [6.07, 6.45) is 1.56. The number of halogens is 2. The lowest BCUT2D eigenvalue weighted by atomic mass is 10.2. The lowest BCUT2D eigenvalue weighted by molar-refractivity contribution is -0.115. The van der Waals surface area contributed by atoms with Crippen molar-refractivity contribution in [2.75, 3.05) is 5.32 Å². The van der Waals surface area contributed by atoms with Crippen molar-refractivity contribution in [3.8, 4) is 11.3 Å². The van der Waals surface area contributed by atoms with Crippen molar-refractivity contribution in [1.82, 2.24) is 19.7 Å². The third-order valence-electron chi connectivity index (χ3n) is 3.27. The average molecular weight is 381 g/mol. The van der Waals surface area contributed by atoms with Crippen LogP contribution >= 0.6 is 23.1 Å². The van der Waals surface area contributed by atoms with E-state index in [9.17, 15) is 13.6 Å². The fourth-order valence-electron chi connectivity index (χ4n) is 1.92. The van der Waals surface area contributed by atoms with Crippen LogP contribution in [0.15, 0.2) is 35.1 Å². The predicted molar refractivity (Wildman–Crippen MR) is 92.4 cm³/mol. The number of benzene rings is 1. The van der Waals surface area contributed by atoms with Gasteiger partial charge in [-0.1, -0.05) is 11.8 Å². The number of thioether (sulfide) groups is 1. The Morgan fingerprint density at radius 1 is 1.36 bits per heavy atom. The normalized spacial score (nSPS) is 12.2. The second kappa shape index (κ2) is 7.28. The maximum atomic E-state index is 13.3. The lowest BCUT2D eigenvalue weighted by Crippen LogP contribution is -2.22. The van der Waals surface area contributed by atoms with Gasteiger partial charge < -0.3 is 9.88 Å². The van der Waals surface area contributed by atoms with Gasteiger partial charge >= 0.3 is 0 Å². The molecular formula is C15H13F2N5OS2. The fourth-order valence-corrected chi connectivity index (χ4v) is 3.43. The molecule has 1 amide bonds. The van der Waals surface area contributed by atoms with Crippen LogP contribution in [-0.2, 0) is 11.8 Å². The van der Waals surface area contributed by atoms with E-state index in [0.29, 0.717) is 21.5 Å². The van der Waals surface area contributed by atoms with Crippen LogP contribution in [0.1, 0.15) is 6.92 Å². The van der Waals surface area contributed by atoms with E-state index in [0.717, 1.165) is 12.1 Å². The van der Waals surface area contributed by atoms with Crippen molar-refractivity contribution in [3.05, 3.63) is 41.5 Å². The number of hydrogen-bond donors (Lipinski definition) is 1. The summed E-state index contributed by atoms with van der Waals surface area (Å²) in [5, 5.41) is 12.7. The van der Waals surface area contributed by atoms with Gasteiger partial charge in [0.15, 0.2) is 21.9 Å². The fraction of sp³-hybridized carbons (Fsp3) is 0.200. The summed E-state index contributed by atoms with van der Waals surface area (Å²) >= 11 is 2.48. The Hall–Kier alpha value is -2.33. The Bertz CT molecular complexity index is 911. The zero-order chi connectivity index (χ0) is 18.0. The molecule has 0 saturated carbocycles. The summed E-state index contributed by atoms with van der Waals surface area (Å²) in [5.41, 5.74) is 0.907. The van der Waals surface area contributed by atoms with Crippen molar-refractivity contribution in [3.63, 3.8) is 0 Å². The van der Waals surface area contributed by atoms with E-state index < -0.39 is 16.9 Å². The molecular weight excluding hydrogens is 368 g/mol. The molecule has 3 rings (SSSR count). The third kappa shape index (κ3) is 4.02. The van der Waals surface area contributed by atoms with Crippen molar-refractivity contribution in [2.24, 2.45) is 7.05 Å². The van der Waals surface area contributed by atoms with Gasteiger partial charge in [0.05, 0.1) is 10.9 Å². The molecule has 0 saturated heterocycles. The minimum atomic E-state index is -0.940. The largest absolute Gasteiger partial charge is 0.312 e. The number of aryl methyl sites for hydroxylation is 1. The van der Waals surface area contributed by atoms with Crippen LogP contribution in [-0.4, -0.2) is 30.9 Å². The molecule has 0 aliphatic carbocycles. The van der Waals surface area contributed by atoms with E-state index in [4.69, 9.17) is 0 Å². The van der Waals surface area contributed by atoms with Crippen LogP contribution in [0.2, 0.25) is 0 Å². The Kier molecular flexibility index (Phi) is 5.09. The van der Waals surface area contributed by atoms with Crippen molar-refractivity contribution >= 4 is 34.1 Å². The van der Waals surface area contributed by atoms with Crippen LogP contribution in [0.5, 0.6) is 0 Å². The molecule has 1 N–H and O–H groups in total. The van der Waals surface area contributed by atoms with Crippen molar-refractivity contribution in [2.45, 2.75) is 17.3 Å². The predicted octanol–water partition coefficient (Wildman–Crippen LogP) is 3.34. The maximum Gasteiger partial charge on any atom is 0.239 e. The second-order valence-electron chi connectivity index (χ2n) is 5.14. The Morgan fingerprint density at radius 2 is 2.16 bits per heavy atom. The molecule has 130 valence electrons. The van der Waals surface area contributed by atoms with Gasteiger partial charge in [-0.25, -0.2) is 13.8 Å². The molecule has 1 atom stereocenters. The first-order chi connectivity index (χ1) is 11.9. The molecule has 2 aromatic heterocycles. The highest BCUT2D eigenvalue weighted by molar-refractivity contribution is 8.00. The van der Waals surface area contributed by atoms with Gasteiger partial charge in [-0.3, -0.25) is 4.79 Å². The molecule has 10 heteroatoms. The molecule has 0 unspecified atom stereocenters. The minimum Gasteiger partial charge on any atom is -0.312 e. The average Bonchev–Trinajstić information content (AvgIpc) is 3.20. The number of thiazole rings is 1. The molecule has 0 bridgehead atoms. The van der Waals surface area contributed by atoms with Gasteiger partial charge in [0.25, 0.3) is 0 Å². The molecule has 0 fully saturated rings. The number of nitrogens with zero attached hydrogens (tertiary/aromatic N) is 4. The molecule has 0 aliphatic rings. The summed E-state index contributed by atoms with van der Waals surface area (Å²) in [6, 6.07) is 3.55. The van der Waals surface area contributed by atoms with Crippen LogP contribution in [0.3, 0.4) is 0 Å². The van der Waals surface area contributed by atoms with Crippen LogP contribution in [0.25, 0.3) is 11.3 Å². The number of carbonyl (C=O) groups excluding carboxylic acids is 1. The molecule has 1 aromatic carbocycles. The van der Waals surface area contributed by atoms with Crippen LogP contribution < -0.4 is 5.32 Å². The molecule has 25 heavy (non-hydrogen) atoms. The summed E-state index contributed by atoms with van der Waals surface area (Å²) in [6.45, 7) is 1.75. The van der Waals surface area contributed by atoms with Crippen LogP contribution in [0, 0.1) is 11.6 Å². The first-order valence-electron chi connectivity index (χ1n) is 7.16. The van der Waals surface area contributed by atoms with Crippen LogP contribution in [0.4, 0.5) is 13.9 Å². The number of aromatic nitrogens is 4. The molecule has 0 spiro atoms. The lowest BCUT2D eigenvalue weighted by Gasteiger charge is -2.09. The Balaban J connectivity index is 1.67. The molecule has 0 radical (unpaired) electrons. The monoisotopic (exact) mass is 381 g/mol.